The topological polar surface area (TPSA) is 135 Å². The first-order valence-electron chi connectivity index (χ1n) is 14.4. The van der Waals surface area contributed by atoms with Gasteiger partial charge in [-0.15, -0.1) is 4.99 Å². The molecule has 11 heteroatoms. The lowest BCUT2D eigenvalue weighted by Gasteiger charge is -2.25. The SMILES string of the molecule is CC(C)c1ccc(C(C)C)c(S(=O)(=O)Nc2[c]cc(NC(=NC(=O)OC(C)(C)C)NC(=O)OC(C)(C)C)cc2)c1C(C)C. The van der Waals surface area contributed by atoms with Crippen LogP contribution in [0.1, 0.15) is 118 Å². The van der Waals surface area contributed by atoms with Crippen LogP contribution in [-0.2, 0) is 19.5 Å². The van der Waals surface area contributed by atoms with Crippen molar-refractivity contribution < 1.29 is 27.5 Å². The van der Waals surface area contributed by atoms with Crippen molar-refractivity contribution >= 4 is 39.5 Å². The van der Waals surface area contributed by atoms with Gasteiger partial charge in [0, 0.05) is 11.8 Å². The fourth-order valence-electron chi connectivity index (χ4n) is 4.25. The van der Waals surface area contributed by atoms with E-state index in [1.807, 2.05) is 39.8 Å². The van der Waals surface area contributed by atoms with Crippen LogP contribution in [-0.4, -0.2) is 37.8 Å². The average molecular weight is 616 g/mol. The summed E-state index contributed by atoms with van der Waals surface area (Å²) in [5.41, 5.74) is 1.55. The van der Waals surface area contributed by atoms with Crippen LogP contribution >= 0.6 is 0 Å². The first-order chi connectivity index (χ1) is 19.6. The summed E-state index contributed by atoms with van der Waals surface area (Å²) >= 11 is 0. The van der Waals surface area contributed by atoms with Gasteiger partial charge in [-0.05, 0) is 94.2 Å². The summed E-state index contributed by atoms with van der Waals surface area (Å²) in [7, 11) is -3.98. The van der Waals surface area contributed by atoms with Gasteiger partial charge in [-0.3, -0.25) is 10.0 Å². The number of hydrogen-bond donors (Lipinski definition) is 3. The van der Waals surface area contributed by atoms with Crippen LogP contribution in [0.4, 0.5) is 21.0 Å². The molecule has 10 nitrogen and oxygen atoms in total. The lowest BCUT2D eigenvalue weighted by molar-refractivity contribution is 0.0562. The standard InChI is InChI=1S/C32H47N4O6S/c1-19(2)24-17-18-25(20(3)4)27(26(24)21(5)6)43(39,40)36-23-15-13-22(14-16-23)33-28(34-29(37)41-31(7,8)9)35-30(38)42-32(10,11)12/h13-15,17-21,36H,1-12H3,(H2,33,34,35,37,38). The minimum Gasteiger partial charge on any atom is -0.444 e. The van der Waals surface area contributed by atoms with Crippen molar-refractivity contribution in [3.05, 3.63) is 53.1 Å². The van der Waals surface area contributed by atoms with Crippen LogP contribution in [0.15, 0.2) is 40.2 Å². The van der Waals surface area contributed by atoms with E-state index in [1.54, 1.807) is 47.6 Å². The van der Waals surface area contributed by atoms with E-state index in [4.69, 9.17) is 9.47 Å². The zero-order chi connectivity index (χ0) is 32.9. The molecule has 43 heavy (non-hydrogen) atoms. The highest BCUT2D eigenvalue weighted by atomic mass is 32.2. The van der Waals surface area contributed by atoms with E-state index >= 15 is 0 Å². The van der Waals surface area contributed by atoms with Gasteiger partial charge in [0.25, 0.3) is 10.0 Å². The Bertz CT molecular complexity index is 1430. The van der Waals surface area contributed by atoms with Gasteiger partial charge in [-0.2, -0.15) is 0 Å². The van der Waals surface area contributed by atoms with Crippen LogP contribution < -0.4 is 15.4 Å². The van der Waals surface area contributed by atoms with Gasteiger partial charge in [0.1, 0.15) is 11.2 Å². The Hall–Kier alpha value is -3.60. The first-order valence-corrected chi connectivity index (χ1v) is 15.9. The number of amides is 2. The highest BCUT2D eigenvalue weighted by Gasteiger charge is 2.29. The second-order valence-electron chi connectivity index (χ2n) is 13.2. The Labute approximate surface area is 257 Å². The number of nitrogens with one attached hydrogen (secondary N) is 3. The molecule has 0 fully saturated rings. The van der Waals surface area contributed by atoms with Crippen molar-refractivity contribution in [3.63, 3.8) is 0 Å². The lowest BCUT2D eigenvalue weighted by Crippen LogP contribution is -2.40. The van der Waals surface area contributed by atoms with E-state index in [-0.39, 0.29) is 29.4 Å². The van der Waals surface area contributed by atoms with Gasteiger partial charge < -0.3 is 14.8 Å². The molecule has 0 saturated carbocycles. The maximum atomic E-state index is 13.9. The predicted octanol–water partition coefficient (Wildman–Crippen LogP) is 7.89. The van der Waals surface area contributed by atoms with Crippen molar-refractivity contribution in [1.29, 1.82) is 0 Å². The third kappa shape index (κ3) is 10.9. The molecule has 0 unspecified atom stereocenters. The molecule has 0 bridgehead atoms. The number of rotatable bonds is 7. The largest absolute Gasteiger partial charge is 0.444 e. The monoisotopic (exact) mass is 615 g/mol. The molecule has 3 N–H and O–H groups in total. The Morgan fingerprint density at radius 3 is 1.84 bits per heavy atom. The summed E-state index contributed by atoms with van der Waals surface area (Å²) in [6.07, 6.45) is -1.76. The Kier molecular flexibility index (Phi) is 11.4. The number of hydrogen-bond acceptors (Lipinski definition) is 6. The van der Waals surface area contributed by atoms with Crippen molar-refractivity contribution in [3.8, 4) is 0 Å². The number of anilines is 2. The minimum atomic E-state index is -3.98. The molecule has 1 radical (unpaired) electrons. The number of sulfonamides is 1. The number of aliphatic imine (C=N–C) groups is 1. The average Bonchev–Trinajstić information content (AvgIpc) is 2.81. The number of nitrogens with zero attached hydrogens (tertiary/aromatic N) is 1. The van der Waals surface area contributed by atoms with E-state index in [0.29, 0.717) is 10.6 Å². The summed E-state index contributed by atoms with van der Waals surface area (Å²) in [4.78, 5) is 28.9. The summed E-state index contributed by atoms with van der Waals surface area (Å²) in [5.74, 6) is -0.117. The molecule has 2 aromatic carbocycles. The number of guanidine groups is 1. The van der Waals surface area contributed by atoms with Crippen molar-refractivity contribution in [2.24, 2.45) is 4.99 Å². The van der Waals surface area contributed by atoms with E-state index < -0.39 is 33.4 Å². The van der Waals surface area contributed by atoms with Crippen LogP contribution in [0.25, 0.3) is 0 Å². The van der Waals surface area contributed by atoms with Gasteiger partial charge in [0.2, 0.25) is 5.96 Å². The van der Waals surface area contributed by atoms with E-state index in [2.05, 4.69) is 40.3 Å². The second kappa shape index (κ2) is 13.8. The first kappa shape index (κ1) is 35.6. The van der Waals surface area contributed by atoms with E-state index in [1.165, 1.54) is 12.1 Å². The van der Waals surface area contributed by atoms with Crippen LogP contribution in [0.2, 0.25) is 0 Å². The maximum absolute atomic E-state index is 13.9. The number of carbonyl (C=O) groups is 2. The number of alkyl carbamates (subject to hydrolysis) is 1. The predicted molar refractivity (Wildman–Crippen MR) is 171 cm³/mol. The minimum absolute atomic E-state index is 0.0130. The van der Waals surface area contributed by atoms with Gasteiger partial charge in [0.05, 0.1) is 10.6 Å². The number of carbonyl (C=O) groups excluding carboxylic acids is 2. The summed E-state index contributed by atoms with van der Waals surface area (Å²) in [6, 6.07) is 11.4. The highest BCUT2D eigenvalue weighted by Crippen LogP contribution is 2.38. The molecule has 237 valence electrons. The maximum Gasteiger partial charge on any atom is 0.437 e. The molecule has 2 aromatic rings. The molecule has 2 rings (SSSR count). The smallest absolute Gasteiger partial charge is 0.437 e. The number of ether oxygens (including phenoxy) is 2. The molecule has 0 spiro atoms. The van der Waals surface area contributed by atoms with Crippen LogP contribution in [0.5, 0.6) is 0 Å². The van der Waals surface area contributed by atoms with Crippen molar-refractivity contribution in [2.45, 2.75) is 117 Å². The normalized spacial score (nSPS) is 12.9. The van der Waals surface area contributed by atoms with Gasteiger partial charge in [0.15, 0.2) is 0 Å². The molecule has 0 heterocycles. The van der Waals surface area contributed by atoms with Gasteiger partial charge in [-0.25, -0.2) is 18.0 Å². The fraction of sp³-hybridized carbons (Fsp3) is 0.531. The third-order valence-corrected chi connectivity index (χ3v) is 7.37. The van der Waals surface area contributed by atoms with Crippen molar-refractivity contribution in [1.82, 2.24) is 5.32 Å². The quantitative estimate of drug-likeness (QED) is 0.213. The number of benzene rings is 2. The summed E-state index contributed by atoms with van der Waals surface area (Å²) in [6.45, 7) is 22.2. The van der Waals surface area contributed by atoms with E-state index in [9.17, 15) is 18.0 Å². The summed E-state index contributed by atoms with van der Waals surface area (Å²) in [5, 5.41) is 5.24. The van der Waals surface area contributed by atoms with Crippen LogP contribution in [0, 0.1) is 6.07 Å². The molecular formula is C32H47N4O6S. The Balaban J connectivity index is 2.42. The van der Waals surface area contributed by atoms with Crippen LogP contribution in [0.3, 0.4) is 0 Å². The molecule has 0 aliphatic carbocycles. The fourth-order valence-corrected chi connectivity index (χ4v) is 6.02. The molecule has 0 aromatic heterocycles. The van der Waals surface area contributed by atoms with Gasteiger partial charge in [-0.1, -0.05) is 53.7 Å². The second-order valence-corrected chi connectivity index (χ2v) is 14.9. The molecule has 0 saturated heterocycles. The van der Waals surface area contributed by atoms with E-state index in [0.717, 1.165) is 16.7 Å². The molecule has 0 aliphatic heterocycles. The Morgan fingerprint density at radius 2 is 1.37 bits per heavy atom. The van der Waals surface area contributed by atoms with Gasteiger partial charge >= 0.3 is 12.2 Å². The zero-order valence-corrected chi connectivity index (χ0v) is 28.2. The Morgan fingerprint density at radius 1 is 0.814 bits per heavy atom. The molecule has 0 aliphatic rings. The molecule has 0 atom stereocenters. The summed E-state index contributed by atoms with van der Waals surface area (Å²) < 4.78 is 41.0. The molecular weight excluding hydrogens is 568 g/mol. The zero-order valence-electron chi connectivity index (χ0n) is 27.4. The third-order valence-electron chi connectivity index (χ3n) is 5.89. The highest BCUT2D eigenvalue weighted by molar-refractivity contribution is 7.92. The van der Waals surface area contributed by atoms with Crippen molar-refractivity contribution in [2.75, 3.05) is 10.0 Å². The lowest BCUT2D eigenvalue weighted by atomic mass is 9.87. The molecule has 2 amide bonds.